The first-order valence-electron chi connectivity index (χ1n) is 8.81. The highest BCUT2D eigenvalue weighted by atomic mass is 35.5. The fraction of sp³-hybridized carbons (Fsp3) is 0.350. The van der Waals surface area contributed by atoms with Crippen LogP contribution in [0.25, 0.3) is 0 Å². The molecular weight excluding hydrogens is 366 g/mol. The Balaban J connectivity index is 1.61. The quantitative estimate of drug-likeness (QED) is 0.858. The molecule has 2 amide bonds. The number of rotatable bonds is 4. The Morgan fingerprint density at radius 2 is 1.70 bits per heavy atom. The summed E-state index contributed by atoms with van der Waals surface area (Å²) in [5, 5.41) is 3.65. The number of nitrogens with one attached hydrogen (secondary N) is 1. The predicted molar refractivity (Wildman–Crippen MR) is 109 cm³/mol. The van der Waals surface area contributed by atoms with Crippen LogP contribution in [0, 0.1) is 6.92 Å². The van der Waals surface area contributed by atoms with Crippen LogP contribution >= 0.6 is 11.6 Å². The fourth-order valence-electron chi connectivity index (χ4n) is 3.19. The Morgan fingerprint density at radius 3 is 2.37 bits per heavy atom. The van der Waals surface area contributed by atoms with E-state index in [1.165, 1.54) is 5.56 Å². The summed E-state index contributed by atoms with van der Waals surface area (Å²) in [6.45, 7) is 4.89. The van der Waals surface area contributed by atoms with Crippen molar-refractivity contribution in [1.29, 1.82) is 0 Å². The molecule has 3 rings (SSSR count). The summed E-state index contributed by atoms with van der Waals surface area (Å²) in [5.74, 6) is 1.21. The lowest BCUT2D eigenvalue weighted by Crippen LogP contribution is -2.50. The highest BCUT2D eigenvalue weighted by Crippen LogP contribution is 2.30. The van der Waals surface area contributed by atoms with E-state index in [4.69, 9.17) is 21.1 Å². The molecule has 0 saturated carbocycles. The van der Waals surface area contributed by atoms with Gasteiger partial charge in [-0.2, -0.15) is 0 Å². The van der Waals surface area contributed by atoms with Gasteiger partial charge in [-0.05, 0) is 36.8 Å². The van der Waals surface area contributed by atoms with Crippen LogP contribution in [0.4, 0.5) is 16.2 Å². The average molecular weight is 390 g/mol. The van der Waals surface area contributed by atoms with E-state index in [1.54, 1.807) is 32.4 Å². The number of amides is 2. The molecule has 0 radical (unpaired) electrons. The largest absolute Gasteiger partial charge is 0.493 e. The molecule has 0 aromatic heterocycles. The third-order valence-electron chi connectivity index (χ3n) is 4.71. The van der Waals surface area contributed by atoms with Gasteiger partial charge in [0.2, 0.25) is 0 Å². The van der Waals surface area contributed by atoms with Gasteiger partial charge in [0.05, 0.1) is 14.2 Å². The topological polar surface area (TPSA) is 54.0 Å². The van der Waals surface area contributed by atoms with Crippen LogP contribution in [0.1, 0.15) is 5.56 Å². The number of nitrogens with zero attached hydrogens (tertiary/aromatic N) is 2. The second-order valence-electron chi connectivity index (χ2n) is 6.40. The van der Waals surface area contributed by atoms with Crippen LogP contribution in [0.15, 0.2) is 36.4 Å². The van der Waals surface area contributed by atoms with E-state index in [-0.39, 0.29) is 6.03 Å². The van der Waals surface area contributed by atoms with Gasteiger partial charge in [-0.25, -0.2) is 4.79 Å². The molecular formula is C20H24ClN3O3. The van der Waals surface area contributed by atoms with Gasteiger partial charge in [-0.1, -0.05) is 17.7 Å². The summed E-state index contributed by atoms with van der Waals surface area (Å²) in [6, 6.07) is 11.1. The number of urea groups is 1. The predicted octanol–water partition coefficient (Wildman–Crippen LogP) is 4.02. The standard InChI is InChI=1S/C20H24ClN3O3/c1-14-4-5-15(21)12-17(14)23-8-10-24(11-9-23)20(25)22-16-6-7-18(26-2)19(13-16)27-3/h4-7,12-13H,8-11H2,1-3H3,(H,22,25). The van der Waals surface area contributed by atoms with Crippen LogP contribution in [-0.4, -0.2) is 51.3 Å². The maximum Gasteiger partial charge on any atom is 0.321 e. The van der Waals surface area contributed by atoms with Gasteiger partial charge in [0.1, 0.15) is 0 Å². The van der Waals surface area contributed by atoms with Crippen molar-refractivity contribution in [2.45, 2.75) is 6.92 Å². The van der Waals surface area contributed by atoms with Crippen molar-refractivity contribution < 1.29 is 14.3 Å². The summed E-state index contributed by atoms with van der Waals surface area (Å²) in [5.41, 5.74) is 2.98. The first-order chi connectivity index (χ1) is 13.0. The van der Waals surface area contributed by atoms with Gasteiger partial charge >= 0.3 is 6.03 Å². The zero-order valence-electron chi connectivity index (χ0n) is 15.8. The molecule has 1 saturated heterocycles. The Hall–Kier alpha value is -2.60. The number of ether oxygens (including phenoxy) is 2. The maximum atomic E-state index is 12.6. The van der Waals surface area contributed by atoms with Crippen molar-refractivity contribution in [3.05, 3.63) is 47.0 Å². The van der Waals surface area contributed by atoms with Crippen molar-refractivity contribution in [3.8, 4) is 11.5 Å². The van der Waals surface area contributed by atoms with E-state index >= 15 is 0 Å². The van der Waals surface area contributed by atoms with E-state index in [1.807, 2.05) is 23.1 Å². The second kappa shape index (κ2) is 8.39. The summed E-state index contributed by atoms with van der Waals surface area (Å²) in [6.07, 6.45) is 0. The molecule has 2 aromatic carbocycles. The number of anilines is 2. The van der Waals surface area contributed by atoms with Crippen LogP contribution < -0.4 is 19.7 Å². The molecule has 0 atom stereocenters. The molecule has 0 bridgehead atoms. The van der Waals surface area contributed by atoms with Crippen molar-refractivity contribution >= 4 is 29.0 Å². The number of benzene rings is 2. The van der Waals surface area contributed by atoms with E-state index in [0.717, 1.165) is 23.8 Å². The maximum absolute atomic E-state index is 12.6. The molecule has 6 nitrogen and oxygen atoms in total. The minimum absolute atomic E-state index is 0.121. The number of hydrogen-bond acceptors (Lipinski definition) is 4. The van der Waals surface area contributed by atoms with E-state index in [9.17, 15) is 4.79 Å². The molecule has 1 aliphatic heterocycles. The normalized spacial score (nSPS) is 14.1. The Morgan fingerprint density at radius 1 is 1.00 bits per heavy atom. The highest BCUT2D eigenvalue weighted by molar-refractivity contribution is 6.30. The van der Waals surface area contributed by atoms with Crippen molar-refractivity contribution in [2.24, 2.45) is 0 Å². The smallest absolute Gasteiger partial charge is 0.321 e. The molecule has 27 heavy (non-hydrogen) atoms. The summed E-state index contributed by atoms with van der Waals surface area (Å²) in [4.78, 5) is 16.7. The lowest BCUT2D eigenvalue weighted by Gasteiger charge is -2.36. The lowest BCUT2D eigenvalue weighted by atomic mass is 10.1. The van der Waals surface area contributed by atoms with E-state index < -0.39 is 0 Å². The van der Waals surface area contributed by atoms with Crippen molar-refractivity contribution in [3.63, 3.8) is 0 Å². The van der Waals surface area contributed by atoms with Gasteiger partial charge in [-0.3, -0.25) is 0 Å². The number of piperazine rings is 1. The molecule has 0 unspecified atom stereocenters. The SMILES string of the molecule is COc1ccc(NC(=O)N2CCN(c3cc(Cl)ccc3C)CC2)cc1OC. The van der Waals surface area contributed by atoms with Gasteiger partial charge in [0.15, 0.2) is 11.5 Å². The first-order valence-corrected chi connectivity index (χ1v) is 9.18. The monoisotopic (exact) mass is 389 g/mol. The Labute approximate surface area is 164 Å². The number of carbonyl (C=O) groups is 1. The molecule has 2 aromatic rings. The first kappa shape index (κ1) is 19.2. The molecule has 144 valence electrons. The summed E-state index contributed by atoms with van der Waals surface area (Å²) in [7, 11) is 3.15. The summed E-state index contributed by atoms with van der Waals surface area (Å²) >= 11 is 6.13. The number of hydrogen-bond donors (Lipinski definition) is 1. The minimum Gasteiger partial charge on any atom is -0.493 e. The number of carbonyl (C=O) groups excluding carboxylic acids is 1. The second-order valence-corrected chi connectivity index (χ2v) is 6.84. The molecule has 0 aliphatic carbocycles. The Bertz CT molecular complexity index is 820. The fourth-order valence-corrected chi connectivity index (χ4v) is 3.36. The lowest BCUT2D eigenvalue weighted by molar-refractivity contribution is 0.208. The zero-order valence-corrected chi connectivity index (χ0v) is 16.5. The average Bonchev–Trinajstić information content (AvgIpc) is 2.69. The van der Waals surface area contributed by atoms with Crippen LogP contribution in [-0.2, 0) is 0 Å². The zero-order chi connectivity index (χ0) is 19.4. The molecule has 1 aliphatic rings. The highest BCUT2D eigenvalue weighted by Gasteiger charge is 2.22. The van der Waals surface area contributed by atoms with Gasteiger partial charge in [0, 0.05) is 48.6 Å². The van der Waals surface area contributed by atoms with Crippen LogP contribution in [0.3, 0.4) is 0 Å². The van der Waals surface area contributed by atoms with E-state index in [2.05, 4.69) is 17.1 Å². The van der Waals surface area contributed by atoms with E-state index in [0.29, 0.717) is 30.3 Å². The van der Waals surface area contributed by atoms with Crippen LogP contribution in [0.2, 0.25) is 5.02 Å². The van der Waals surface area contributed by atoms with Gasteiger partial charge < -0.3 is 24.6 Å². The third-order valence-corrected chi connectivity index (χ3v) is 4.95. The third kappa shape index (κ3) is 4.39. The molecule has 0 spiro atoms. The number of halogens is 1. The minimum atomic E-state index is -0.121. The number of aryl methyl sites for hydroxylation is 1. The molecule has 1 fully saturated rings. The van der Waals surface area contributed by atoms with Gasteiger partial charge in [0.25, 0.3) is 0 Å². The molecule has 7 heteroatoms. The van der Waals surface area contributed by atoms with Crippen molar-refractivity contribution in [1.82, 2.24) is 4.90 Å². The van der Waals surface area contributed by atoms with Crippen LogP contribution in [0.5, 0.6) is 11.5 Å². The van der Waals surface area contributed by atoms with Crippen molar-refractivity contribution in [2.75, 3.05) is 50.6 Å². The number of methoxy groups -OCH3 is 2. The molecule has 1 N–H and O–H groups in total. The molecule has 1 heterocycles. The Kier molecular flexibility index (Phi) is 5.96. The summed E-state index contributed by atoms with van der Waals surface area (Å²) < 4.78 is 10.5. The van der Waals surface area contributed by atoms with Gasteiger partial charge in [-0.15, -0.1) is 0 Å².